The van der Waals surface area contributed by atoms with Crippen LogP contribution in [0.5, 0.6) is 5.75 Å². The summed E-state index contributed by atoms with van der Waals surface area (Å²) in [7, 11) is 3.42. The molecule has 6 heteroatoms. The molecule has 0 spiro atoms. The molecule has 0 saturated carbocycles. The first kappa shape index (κ1) is 17.0. The fraction of sp³-hybridized carbons (Fsp3) is 0.158. The molecule has 1 heterocycles. The third kappa shape index (κ3) is 3.51. The molecule has 0 aliphatic carbocycles. The Balaban J connectivity index is 1.93. The van der Waals surface area contributed by atoms with Gasteiger partial charge >= 0.3 is 0 Å². The SMILES string of the molecule is COc1cccc(-c2cn(CC(=O)c3cccc(Cl)c3)c(=N)n2C)c1. The summed E-state index contributed by atoms with van der Waals surface area (Å²) < 4.78 is 8.62. The molecule has 0 fully saturated rings. The average molecular weight is 356 g/mol. The van der Waals surface area contributed by atoms with Gasteiger partial charge < -0.3 is 13.9 Å². The summed E-state index contributed by atoms with van der Waals surface area (Å²) in [4.78, 5) is 12.5. The molecule has 0 bridgehead atoms. The van der Waals surface area contributed by atoms with Crippen LogP contribution in [-0.4, -0.2) is 22.0 Å². The van der Waals surface area contributed by atoms with E-state index in [9.17, 15) is 4.79 Å². The van der Waals surface area contributed by atoms with Gasteiger partial charge in [-0.05, 0) is 24.3 Å². The topological polar surface area (TPSA) is 60.0 Å². The quantitative estimate of drug-likeness (QED) is 0.712. The number of methoxy groups -OCH3 is 1. The number of carbonyl (C=O) groups is 1. The summed E-state index contributed by atoms with van der Waals surface area (Å²) >= 11 is 5.95. The molecule has 2 aromatic carbocycles. The third-order valence-electron chi connectivity index (χ3n) is 4.06. The van der Waals surface area contributed by atoms with Crippen molar-refractivity contribution in [2.75, 3.05) is 7.11 Å². The van der Waals surface area contributed by atoms with Crippen LogP contribution in [0, 0.1) is 5.41 Å². The lowest BCUT2D eigenvalue weighted by atomic mass is 10.1. The van der Waals surface area contributed by atoms with Crippen LogP contribution in [0.4, 0.5) is 0 Å². The molecular weight excluding hydrogens is 338 g/mol. The molecule has 1 N–H and O–H groups in total. The van der Waals surface area contributed by atoms with E-state index in [1.54, 1.807) is 53.8 Å². The Morgan fingerprint density at radius 2 is 1.96 bits per heavy atom. The predicted octanol–water partition coefficient (Wildman–Crippen LogP) is 3.52. The minimum absolute atomic E-state index is 0.0803. The highest BCUT2D eigenvalue weighted by Crippen LogP contribution is 2.22. The van der Waals surface area contributed by atoms with Crippen molar-refractivity contribution in [3.05, 3.63) is 70.9 Å². The highest BCUT2D eigenvalue weighted by Gasteiger charge is 2.13. The predicted molar refractivity (Wildman–Crippen MR) is 97.0 cm³/mol. The number of nitrogens with zero attached hydrogens (tertiary/aromatic N) is 2. The van der Waals surface area contributed by atoms with Gasteiger partial charge in [0.15, 0.2) is 5.78 Å². The number of imidazole rings is 1. The van der Waals surface area contributed by atoms with E-state index in [-0.39, 0.29) is 17.9 Å². The minimum atomic E-state index is -0.0937. The summed E-state index contributed by atoms with van der Waals surface area (Å²) in [6, 6.07) is 14.4. The lowest BCUT2D eigenvalue weighted by molar-refractivity contribution is 0.0970. The second kappa shape index (κ2) is 6.99. The highest BCUT2D eigenvalue weighted by atomic mass is 35.5. The number of halogens is 1. The third-order valence-corrected chi connectivity index (χ3v) is 4.29. The molecule has 0 unspecified atom stereocenters. The Labute approximate surface area is 150 Å². The van der Waals surface area contributed by atoms with Crippen molar-refractivity contribution in [2.24, 2.45) is 7.05 Å². The maximum atomic E-state index is 12.5. The molecule has 0 amide bonds. The van der Waals surface area contributed by atoms with Crippen molar-refractivity contribution in [1.29, 1.82) is 5.41 Å². The molecular formula is C19H18ClN3O2. The van der Waals surface area contributed by atoms with E-state index in [2.05, 4.69) is 0 Å². The van der Waals surface area contributed by atoms with Crippen LogP contribution < -0.4 is 10.4 Å². The van der Waals surface area contributed by atoms with E-state index in [1.165, 1.54) is 0 Å². The average Bonchev–Trinajstić information content (AvgIpc) is 2.90. The van der Waals surface area contributed by atoms with Gasteiger partial charge in [-0.15, -0.1) is 0 Å². The Kier molecular flexibility index (Phi) is 4.76. The number of aromatic nitrogens is 2. The molecule has 0 atom stereocenters. The van der Waals surface area contributed by atoms with Crippen LogP contribution in [0.25, 0.3) is 11.3 Å². The number of rotatable bonds is 5. The van der Waals surface area contributed by atoms with Crippen molar-refractivity contribution < 1.29 is 9.53 Å². The van der Waals surface area contributed by atoms with Crippen LogP contribution in [0.2, 0.25) is 5.02 Å². The zero-order valence-electron chi connectivity index (χ0n) is 14.0. The van der Waals surface area contributed by atoms with Crippen molar-refractivity contribution >= 4 is 17.4 Å². The minimum Gasteiger partial charge on any atom is -0.497 e. The Bertz CT molecular complexity index is 988. The van der Waals surface area contributed by atoms with Gasteiger partial charge in [-0.1, -0.05) is 35.9 Å². The maximum Gasteiger partial charge on any atom is 0.202 e. The number of hydrogen-bond acceptors (Lipinski definition) is 3. The Hall–Kier alpha value is -2.79. The van der Waals surface area contributed by atoms with Gasteiger partial charge in [0.2, 0.25) is 5.62 Å². The zero-order chi connectivity index (χ0) is 18.0. The van der Waals surface area contributed by atoms with E-state index in [0.29, 0.717) is 10.6 Å². The summed E-state index contributed by atoms with van der Waals surface area (Å²) in [6.07, 6.45) is 1.81. The molecule has 128 valence electrons. The summed E-state index contributed by atoms with van der Waals surface area (Å²) in [5.74, 6) is 0.649. The van der Waals surface area contributed by atoms with Gasteiger partial charge in [-0.2, -0.15) is 0 Å². The number of benzene rings is 2. The lowest BCUT2D eigenvalue weighted by Gasteiger charge is -2.04. The summed E-state index contributed by atoms with van der Waals surface area (Å²) in [6.45, 7) is 0.0803. The van der Waals surface area contributed by atoms with Crippen molar-refractivity contribution in [2.45, 2.75) is 6.54 Å². The van der Waals surface area contributed by atoms with Crippen molar-refractivity contribution in [3.8, 4) is 17.0 Å². The van der Waals surface area contributed by atoms with Gasteiger partial charge in [-0.25, -0.2) is 0 Å². The Morgan fingerprint density at radius 3 is 2.68 bits per heavy atom. The van der Waals surface area contributed by atoms with Gasteiger partial charge in [0.25, 0.3) is 0 Å². The number of carbonyl (C=O) groups excluding carboxylic acids is 1. The molecule has 25 heavy (non-hydrogen) atoms. The van der Waals surface area contributed by atoms with Gasteiger partial charge in [-0.3, -0.25) is 10.2 Å². The fourth-order valence-electron chi connectivity index (χ4n) is 2.68. The van der Waals surface area contributed by atoms with Gasteiger partial charge in [0, 0.05) is 29.4 Å². The molecule has 0 aliphatic heterocycles. The van der Waals surface area contributed by atoms with Gasteiger partial charge in [0.1, 0.15) is 5.75 Å². The van der Waals surface area contributed by atoms with Crippen molar-refractivity contribution in [3.63, 3.8) is 0 Å². The number of ketones is 1. The molecule has 1 aromatic heterocycles. The Morgan fingerprint density at radius 1 is 1.20 bits per heavy atom. The first-order valence-corrected chi connectivity index (χ1v) is 8.11. The van der Waals surface area contributed by atoms with Crippen LogP contribution >= 0.6 is 11.6 Å². The second-order valence-corrected chi connectivity index (χ2v) is 6.13. The molecule has 0 saturated heterocycles. The number of hydrogen-bond donors (Lipinski definition) is 1. The molecule has 5 nitrogen and oxygen atoms in total. The van der Waals surface area contributed by atoms with Crippen LogP contribution in [0.1, 0.15) is 10.4 Å². The zero-order valence-corrected chi connectivity index (χ0v) is 14.7. The highest BCUT2D eigenvalue weighted by molar-refractivity contribution is 6.31. The van der Waals surface area contributed by atoms with Crippen LogP contribution in [-0.2, 0) is 13.6 Å². The number of Topliss-reactive ketones (excluding diaryl/α,β-unsaturated/α-hetero) is 1. The standard InChI is InChI=1S/C19H18ClN3O2/c1-22-17(13-5-4-8-16(10-13)25-2)11-23(19(22)21)12-18(24)14-6-3-7-15(20)9-14/h3-11,21H,12H2,1-2H3. The van der Waals surface area contributed by atoms with Crippen LogP contribution in [0.15, 0.2) is 54.7 Å². The smallest absolute Gasteiger partial charge is 0.202 e. The second-order valence-electron chi connectivity index (χ2n) is 5.69. The van der Waals surface area contributed by atoms with E-state index < -0.39 is 0 Å². The summed E-state index contributed by atoms with van der Waals surface area (Å²) in [5.41, 5.74) is 2.53. The van der Waals surface area contributed by atoms with E-state index in [4.69, 9.17) is 21.7 Å². The molecule has 0 radical (unpaired) electrons. The first-order valence-electron chi connectivity index (χ1n) is 7.73. The largest absolute Gasteiger partial charge is 0.497 e. The van der Waals surface area contributed by atoms with Gasteiger partial charge in [0.05, 0.1) is 19.3 Å². The van der Waals surface area contributed by atoms with Crippen LogP contribution in [0.3, 0.4) is 0 Å². The molecule has 0 aliphatic rings. The summed E-state index contributed by atoms with van der Waals surface area (Å²) in [5, 5.41) is 8.80. The molecule has 3 rings (SSSR count). The monoisotopic (exact) mass is 355 g/mol. The van der Waals surface area contributed by atoms with E-state index >= 15 is 0 Å². The number of ether oxygens (including phenoxy) is 1. The molecule has 3 aromatic rings. The first-order chi connectivity index (χ1) is 12.0. The number of nitrogens with one attached hydrogen (secondary N) is 1. The lowest BCUT2D eigenvalue weighted by Crippen LogP contribution is -2.25. The fourth-order valence-corrected chi connectivity index (χ4v) is 2.87. The van der Waals surface area contributed by atoms with E-state index in [0.717, 1.165) is 17.0 Å². The maximum absolute atomic E-state index is 12.5. The normalized spacial score (nSPS) is 10.7. The van der Waals surface area contributed by atoms with E-state index in [1.807, 2.05) is 24.3 Å². The van der Waals surface area contributed by atoms with Crippen molar-refractivity contribution in [1.82, 2.24) is 9.13 Å².